The molecule has 1 atom stereocenters. The van der Waals surface area contributed by atoms with Crippen LogP contribution in [0.1, 0.15) is 51.9 Å². The molecule has 1 saturated carbocycles. The van der Waals surface area contributed by atoms with Gasteiger partial charge in [-0.15, -0.1) is 0 Å². The van der Waals surface area contributed by atoms with Gasteiger partial charge in [-0.1, -0.05) is 37.5 Å². The normalized spacial score (nSPS) is 19.9. The maximum atomic E-state index is 12.5. The molecule has 1 saturated heterocycles. The molecule has 1 heterocycles. The number of imide groups is 1. The summed E-state index contributed by atoms with van der Waals surface area (Å²) in [7, 11) is 0. The molecule has 7 nitrogen and oxygen atoms in total. The summed E-state index contributed by atoms with van der Waals surface area (Å²) in [5, 5.41) is 8.35. The molecule has 158 valence electrons. The highest BCUT2D eigenvalue weighted by atomic mass is 16.2. The monoisotopic (exact) mass is 400 g/mol. The Morgan fingerprint density at radius 1 is 0.966 bits per heavy atom. The molecule has 4 amide bonds. The predicted octanol–water partition coefficient (Wildman–Crippen LogP) is 2.88. The molecule has 0 aromatic heterocycles. The number of benzene rings is 1. The molecule has 1 aromatic carbocycles. The van der Waals surface area contributed by atoms with Crippen molar-refractivity contribution in [2.45, 2.75) is 64.0 Å². The van der Waals surface area contributed by atoms with Crippen molar-refractivity contribution < 1.29 is 14.4 Å². The molecule has 0 spiro atoms. The van der Waals surface area contributed by atoms with E-state index in [1.807, 2.05) is 42.2 Å². The molecular formula is C22H32N4O3. The van der Waals surface area contributed by atoms with Gasteiger partial charge in [0.25, 0.3) is 0 Å². The lowest BCUT2D eigenvalue weighted by atomic mass is 9.94. The second-order valence-electron chi connectivity index (χ2n) is 8.14. The van der Waals surface area contributed by atoms with E-state index >= 15 is 0 Å². The molecule has 2 aliphatic rings. The summed E-state index contributed by atoms with van der Waals surface area (Å²) >= 11 is 0. The number of carbonyl (C=O) groups excluding carboxylic acids is 3. The van der Waals surface area contributed by atoms with E-state index in [4.69, 9.17) is 0 Å². The largest absolute Gasteiger partial charge is 0.335 e. The van der Waals surface area contributed by atoms with Crippen molar-refractivity contribution in [3.8, 4) is 0 Å². The molecule has 1 aliphatic carbocycles. The second-order valence-corrected chi connectivity index (χ2v) is 8.14. The zero-order chi connectivity index (χ0) is 20.6. The third-order valence-electron chi connectivity index (χ3n) is 6.05. The first kappa shape index (κ1) is 21.3. The number of rotatable bonds is 5. The predicted molar refractivity (Wildman–Crippen MR) is 112 cm³/mol. The Kier molecular flexibility index (Phi) is 7.63. The smallest absolute Gasteiger partial charge is 0.321 e. The summed E-state index contributed by atoms with van der Waals surface area (Å²) in [4.78, 5) is 39.1. The third kappa shape index (κ3) is 6.29. The van der Waals surface area contributed by atoms with Gasteiger partial charge in [0.15, 0.2) is 0 Å². The van der Waals surface area contributed by atoms with Crippen molar-refractivity contribution in [3.63, 3.8) is 0 Å². The average molecular weight is 401 g/mol. The highest BCUT2D eigenvalue weighted by Gasteiger charge is 2.30. The number of piperidine rings is 1. The molecule has 29 heavy (non-hydrogen) atoms. The first-order valence-corrected chi connectivity index (χ1v) is 10.7. The first-order valence-electron chi connectivity index (χ1n) is 10.7. The van der Waals surface area contributed by atoms with Gasteiger partial charge >= 0.3 is 6.03 Å². The van der Waals surface area contributed by atoms with Crippen LogP contribution in [0.5, 0.6) is 0 Å². The minimum Gasteiger partial charge on any atom is -0.335 e. The van der Waals surface area contributed by atoms with Gasteiger partial charge in [0.05, 0.1) is 6.04 Å². The van der Waals surface area contributed by atoms with Crippen LogP contribution >= 0.6 is 0 Å². The highest BCUT2D eigenvalue weighted by Crippen LogP contribution is 2.21. The summed E-state index contributed by atoms with van der Waals surface area (Å²) in [5.74, 6) is -0.318. The molecule has 1 aromatic rings. The van der Waals surface area contributed by atoms with Crippen molar-refractivity contribution in [1.82, 2.24) is 15.5 Å². The van der Waals surface area contributed by atoms with E-state index in [0.717, 1.165) is 31.4 Å². The fourth-order valence-electron chi connectivity index (χ4n) is 4.17. The van der Waals surface area contributed by atoms with Crippen LogP contribution < -0.4 is 16.0 Å². The standard InChI is InChI=1S/C22H32N4O3/c1-16(20(27)25-22(29)24-19-10-6-3-7-11-19)26-14-12-17(13-15-26)21(28)23-18-8-4-2-5-9-18/h2,4-5,8-9,16-17,19H,3,6-7,10-15H2,1H3,(H,23,28)(H2,24,25,27,29)/t16-/m0/s1. The van der Waals surface area contributed by atoms with E-state index in [9.17, 15) is 14.4 Å². The van der Waals surface area contributed by atoms with Crippen molar-refractivity contribution in [3.05, 3.63) is 30.3 Å². The fraction of sp³-hybridized carbons (Fsp3) is 0.591. The zero-order valence-electron chi connectivity index (χ0n) is 17.2. The Labute approximate surface area is 172 Å². The van der Waals surface area contributed by atoms with Crippen LogP contribution in [0.15, 0.2) is 30.3 Å². The van der Waals surface area contributed by atoms with Gasteiger partial charge in [-0.3, -0.25) is 19.8 Å². The van der Waals surface area contributed by atoms with Crippen molar-refractivity contribution in [1.29, 1.82) is 0 Å². The summed E-state index contributed by atoms with van der Waals surface area (Å²) in [6, 6.07) is 8.82. The van der Waals surface area contributed by atoms with Gasteiger partial charge < -0.3 is 10.6 Å². The number of nitrogens with zero attached hydrogens (tertiary/aromatic N) is 1. The summed E-state index contributed by atoms with van der Waals surface area (Å²) in [6.07, 6.45) is 6.83. The minimum atomic E-state index is -0.398. The maximum Gasteiger partial charge on any atom is 0.321 e. The molecule has 2 fully saturated rings. The van der Waals surface area contributed by atoms with Gasteiger partial charge in [-0.05, 0) is 57.8 Å². The molecule has 0 bridgehead atoms. The lowest BCUT2D eigenvalue weighted by molar-refractivity contribution is -0.126. The average Bonchev–Trinajstić information content (AvgIpc) is 2.74. The Morgan fingerprint density at radius 2 is 1.62 bits per heavy atom. The molecule has 0 radical (unpaired) electrons. The fourth-order valence-corrected chi connectivity index (χ4v) is 4.17. The lowest BCUT2D eigenvalue weighted by Crippen LogP contribution is -2.53. The quantitative estimate of drug-likeness (QED) is 0.709. The molecule has 0 unspecified atom stereocenters. The minimum absolute atomic E-state index is 0.0276. The van der Waals surface area contributed by atoms with E-state index in [2.05, 4.69) is 16.0 Å². The van der Waals surface area contributed by atoms with E-state index < -0.39 is 12.1 Å². The maximum absolute atomic E-state index is 12.5. The Balaban J connectivity index is 1.40. The number of nitrogens with one attached hydrogen (secondary N) is 3. The summed E-state index contributed by atoms with van der Waals surface area (Å²) in [6.45, 7) is 3.13. The van der Waals surface area contributed by atoms with Crippen LogP contribution in [-0.2, 0) is 9.59 Å². The van der Waals surface area contributed by atoms with Crippen LogP contribution in [0.25, 0.3) is 0 Å². The molecule has 3 rings (SSSR count). The van der Waals surface area contributed by atoms with Gasteiger partial charge in [-0.25, -0.2) is 4.79 Å². The number of carbonyl (C=O) groups is 3. The van der Waals surface area contributed by atoms with Gasteiger partial charge in [0, 0.05) is 17.6 Å². The zero-order valence-corrected chi connectivity index (χ0v) is 17.2. The van der Waals surface area contributed by atoms with Crippen LogP contribution in [0.2, 0.25) is 0 Å². The Morgan fingerprint density at radius 3 is 2.28 bits per heavy atom. The molecular weight excluding hydrogens is 368 g/mol. The Hall–Kier alpha value is -2.41. The topological polar surface area (TPSA) is 90.5 Å². The second kappa shape index (κ2) is 10.4. The lowest BCUT2D eigenvalue weighted by Gasteiger charge is -2.34. The van der Waals surface area contributed by atoms with Crippen LogP contribution in [0.3, 0.4) is 0 Å². The highest BCUT2D eigenvalue weighted by molar-refractivity contribution is 5.97. The number of hydrogen-bond donors (Lipinski definition) is 3. The number of hydrogen-bond acceptors (Lipinski definition) is 4. The summed E-state index contributed by atoms with van der Waals surface area (Å²) < 4.78 is 0. The van der Waals surface area contributed by atoms with E-state index in [0.29, 0.717) is 25.9 Å². The Bertz CT molecular complexity index is 695. The summed E-state index contributed by atoms with van der Waals surface area (Å²) in [5.41, 5.74) is 0.802. The SMILES string of the molecule is C[C@@H](C(=O)NC(=O)NC1CCCCC1)N1CCC(C(=O)Nc2ccccc2)CC1. The van der Waals surface area contributed by atoms with Crippen LogP contribution in [0.4, 0.5) is 10.5 Å². The van der Waals surface area contributed by atoms with Crippen LogP contribution in [-0.4, -0.2) is 47.9 Å². The number of urea groups is 1. The van der Waals surface area contributed by atoms with E-state index in [1.54, 1.807) is 0 Å². The first-order chi connectivity index (χ1) is 14.0. The van der Waals surface area contributed by atoms with Gasteiger partial charge in [0.1, 0.15) is 0 Å². The van der Waals surface area contributed by atoms with E-state index in [1.165, 1.54) is 6.42 Å². The third-order valence-corrected chi connectivity index (χ3v) is 6.05. The van der Waals surface area contributed by atoms with Crippen molar-refractivity contribution in [2.24, 2.45) is 5.92 Å². The number of anilines is 1. The van der Waals surface area contributed by atoms with Crippen molar-refractivity contribution in [2.75, 3.05) is 18.4 Å². The van der Waals surface area contributed by atoms with Gasteiger partial charge in [0.2, 0.25) is 11.8 Å². The van der Waals surface area contributed by atoms with E-state index in [-0.39, 0.29) is 23.8 Å². The van der Waals surface area contributed by atoms with Crippen molar-refractivity contribution >= 4 is 23.5 Å². The van der Waals surface area contributed by atoms with Crippen LogP contribution in [0, 0.1) is 5.92 Å². The molecule has 7 heteroatoms. The number of para-hydroxylation sites is 1. The molecule has 1 aliphatic heterocycles. The molecule has 3 N–H and O–H groups in total. The number of amides is 4. The van der Waals surface area contributed by atoms with Gasteiger partial charge in [-0.2, -0.15) is 0 Å². The number of likely N-dealkylation sites (tertiary alicyclic amines) is 1.